The minimum Gasteiger partial charge on any atom is -0.486 e. The lowest BCUT2D eigenvalue weighted by Gasteiger charge is -2.22. The van der Waals surface area contributed by atoms with Gasteiger partial charge in [0.1, 0.15) is 19.4 Å². The van der Waals surface area contributed by atoms with Crippen LogP contribution >= 0.6 is 0 Å². The van der Waals surface area contributed by atoms with Crippen LogP contribution in [0.3, 0.4) is 0 Å². The number of hydrogen-bond donors (Lipinski definition) is 1. The summed E-state index contributed by atoms with van der Waals surface area (Å²) in [5.41, 5.74) is 0.861. The summed E-state index contributed by atoms with van der Waals surface area (Å²) in [7, 11) is 0. The van der Waals surface area contributed by atoms with Crippen LogP contribution in [0, 0.1) is 0 Å². The van der Waals surface area contributed by atoms with Gasteiger partial charge in [0.25, 0.3) is 0 Å². The Morgan fingerprint density at radius 2 is 2.18 bits per heavy atom. The fraction of sp³-hybridized carbons (Fsp3) is 0.417. The summed E-state index contributed by atoms with van der Waals surface area (Å²) in [5, 5.41) is 8.81. The zero-order valence-corrected chi connectivity index (χ0v) is 9.40. The molecular formula is C12H13FO4. The Hall–Kier alpha value is -1.78. The molecule has 1 unspecified atom stereocenters. The molecule has 0 spiro atoms. The van der Waals surface area contributed by atoms with Gasteiger partial charge in [-0.2, -0.15) is 0 Å². The Kier molecular flexibility index (Phi) is 3.17. The maximum atomic E-state index is 13.3. The molecule has 1 aromatic rings. The number of rotatable bonds is 3. The minimum absolute atomic E-state index is 0.202. The molecule has 0 fully saturated rings. The second-order valence-corrected chi connectivity index (χ2v) is 3.89. The van der Waals surface area contributed by atoms with Gasteiger partial charge in [-0.3, -0.25) is 4.79 Å². The van der Waals surface area contributed by atoms with Crippen molar-refractivity contribution in [1.29, 1.82) is 0 Å². The van der Waals surface area contributed by atoms with Crippen molar-refractivity contribution in [3.8, 4) is 11.5 Å². The monoisotopic (exact) mass is 240 g/mol. The van der Waals surface area contributed by atoms with Crippen LogP contribution in [0.2, 0.25) is 0 Å². The standard InChI is InChI=1S/C12H13FO4/c1-7(13)8-4-9(6-11(14)15)12-10(5-8)16-2-3-17-12/h4-5,7H,2-3,6H2,1H3,(H,14,15). The lowest BCUT2D eigenvalue weighted by molar-refractivity contribution is -0.136. The van der Waals surface area contributed by atoms with Crippen molar-refractivity contribution >= 4 is 5.97 Å². The molecule has 0 saturated carbocycles. The lowest BCUT2D eigenvalue weighted by atomic mass is 10.0. The van der Waals surface area contributed by atoms with E-state index in [9.17, 15) is 9.18 Å². The molecule has 4 nitrogen and oxygen atoms in total. The van der Waals surface area contributed by atoms with Crippen LogP contribution in [0.5, 0.6) is 11.5 Å². The summed E-state index contributed by atoms with van der Waals surface area (Å²) >= 11 is 0. The number of aliphatic carboxylic acids is 1. The minimum atomic E-state index is -1.17. The molecule has 92 valence electrons. The summed E-state index contributed by atoms with van der Waals surface area (Å²) in [4.78, 5) is 10.7. The highest BCUT2D eigenvalue weighted by Gasteiger charge is 2.20. The predicted molar refractivity (Wildman–Crippen MR) is 58.3 cm³/mol. The van der Waals surface area contributed by atoms with E-state index in [1.807, 2.05) is 0 Å². The predicted octanol–water partition coefficient (Wildman–Crippen LogP) is 2.12. The van der Waals surface area contributed by atoms with Gasteiger partial charge in [-0.25, -0.2) is 4.39 Å². The second kappa shape index (κ2) is 4.61. The molecule has 1 atom stereocenters. The van der Waals surface area contributed by atoms with Crippen LogP contribution < -0.4 is 9.47 Å². The Bertz CT molecular complexity index is 442. The van der Waals surface area contributed by atoms with E-state index in [1.165, 1.54) is 13.0 Å². The molecule has 1 aromatic carbocycles. The van der Waals surface area contributed by atoms with Gasteiger partial charge >= 0.3 is 5.97 Å². The summed E-state index contributed by atoms with van der Waals surface area (Å²) in [6.07, 6.45) is -1.37. The molecule has 1 aliphatic heterocycles. The van der Waals surface area contributed by atoms with E-state index in [1.54, 1.807) is 6.07 Å². The summed E-state index contributed by atoms with van der Waals surface area (Å²) < 4.78 is 24.0. The fourth-order valence-electron chi connectivity index (χ4n) is 1.77. The van der Waals surface area contributed by atoms with Crippen molar-refractivity contribution in [3.63, 3.8) is 0 Å². The molecule has 17 heavy (non-hydrogen) atoms. The van der Waals surface area contributed by atoms with E-state index < -0.39 is 12.1 Å². The first kappa shape index (κ1) is 11.7. The molecule has 1 aliphatic rings. The molecular weight excluding hydrogens is 227 g/mol. The van der Waals surface area contributed by atoms with E-state index in [4.69, 9.17) is 14.6 Å². The Balaban J connectivity index is 2.46. The first-order valence-corrected chi connectivity index (χ1v) is 5.36. The number of carboxylic acids is 1. The van der Waals surface area contributed by atoms with Crippen LogP contribution in [0.25, 0.3) is 0 Å². The van der Waals surface area contributed by atoms with Crippen LogP contribution in [0.4, 0.5) is 4.39 Å². The zero-order chi connectivity index (χ0) is 12.4. The number of carbonyl (C=O) groups is 1. The van der Waals surface area contributed by atoms with Gasteiger partial charge in [0.2, 0.25) is 0 Å². The van der Waals surface area contributed by atoms with Gasteiger partial charge < -0.3 is 14.6 Å². The number of ether oxygens (including phenoxy) is 2. The van der Waals surface area contributed by atoms with Crippen LogP contribution in [0.15, 0.2) is 12.1 Å². The zero-order valence-electron chi connectivity index (χ0n) is 9.40. The average molecular weight is 240 g/mol. The third-order valence-electron chi connectivity index (χ3n) is 2.54. The highest BCUT2D eigenvalue weighted by atomic mass is 19.1. The van der Waals surface area contributed by atoms with Gasteiger partial charge in [-0.1, -0.05) is 0 Å². The average Bonchev–Trinajstić information content (AvgIpc) is 2.28. The highest BCUT2D eigenvalue weighted by molar-refractivity contribution is 5.72. The number of alkyl halides is 1. The molecule has 0 radical (unpaired) electrons. The van der Waals surface area contributed by atoms with Crippen LogP contribution in [-0.4, -0.2) is 24.3 Å². The number of hydrogen-bond acceptors (Lipinski definition) is 3. The molecule has 0 aromatic heterocycles. The normalized spacial score (nSPS) is 15.4. The topological polar surface area (TPSA) is 55.8 Å². The Morgan fingerprint density at radius 3 is 2.82 bits per heavy atom. The van der Waals surface area contributed by atoms with E-state index in [-0.39, 0.29) is 6.42 Å². The molecule has 0 amide bonds. The van der Waals surface area contributed by atoms with Crippen molar-refractivity contribution in [1.82, 2.24) is 0 Å². The maximum Gasteiger partial charge on any atom is 0.307 e. The smallest absolute Gasteiger partial charge is 0.307 e. The Labute approximate surface area is 98.0 Å². The number of carboxylic acid groups (broad SMARTS) is 1. The number of halogens is 1. The lowest BCUT2D eigenvalue weighted by Crippen LogP contribution is -2.18. The first-order valence-electron chi connectivity index (χ1n) is 5.36. The van der Waals surface area contributed by atoms with Gasteiger partial charge in [0, 0.05) is 5.56 Å². The van der Waals surface area contributed by atoms with E-state index >= 15 is 0 Å². The van der Waals surface area contributed by atoms with Crippen molar-refractivity contribution < 1.29 is 23.8 Å². The molecule has 5 heteroatoms. The SMILES string of the molecule is CC(F)c1cc(CC(=O)O)c2c(c1)OCCO2. The van der Waals surface area contributed by atoms with Gasteiger partial charge in [-0.05, 0) is 24.6 Å². The maximum absolute atomic E-state index is 13.3. The van der Waals surface area contributed by atoms with Crippen molar-refractivity contribution in [3.05, 3.63) is 23.3 Å². The third-order valence-corrected chi connectivity index (χ3v) is 2.54. The third kappa shape index (κ3) is 2.49. The molecule has 0 saturated heterocycles. The molecule has 2 rings (SSSR count). The second-order valence-electron chi connectivity index (χ2n) is 3.89. The van der Waals surface area contributed by atoms with Crippen molar-refractivity contribution in [2.45, 2.75) is 19.5 Å². The van der Waals surface area contributed by atoms with E-state index in [2.05, 4.69) is 0 Å². The Morgan fingerprint density at radius 1 is 1.47 bits per heavy atom. The van der Waals surface area contributed by atoms with Crippen LogP contribution in [0.1, 0.15) is 24.2 Å². The first-order chi connectivity index (χ1) is 8.08. The fourth-order valence-corrected chi connectivity index (χ4v) is 1.77. The summed E-state index contributed by atoms with van der Waals surface area (Å²) in [6, 6.07) is 3.08. The molecule has 1 N–H and O–H groups in total. The van der Waals surface area contributed by atoms with Gasteiger partial charge in [0.05, 0.1) is 6.42 Å². The van der Waals surface area contributed by atoms with Gasteiger partial charge in [-0.15, -0.1) is 0 Å². The molecule has 0 aliphatic carbocycles. The largest absolute Gasteiger partial charge is 0.486 e. The van der Waals surface area contributed by atoms with E-state index in [0.717, 1.165) is 0 Å². The summed E-state index contributed by atoms with van der Waals surface area (Å²) in [5.74, 6) is -0.136. The van der Waals surface area contributed by atoms with Crippen LogP contribution in [-0.2, 0) is 11.2 Å². The quantitative estimate of drug-likeness (QED) is 0.879. The summed E-state index contributed by atoms with van der Waals surface area (Å²) in [6.45, 7) is 2.17. The molecule has 1 heterocycles. The highest BCUT2D eigenvalue weighted by Crippen LogP contribution is 2.37. The van der Waals surface area contributed by atoms with E-state index in [0.29, 0.717) is 35.8 Å². The van der Waals surface area contributed by atoms with Gasteiger partial charge in [0.15, 0.2) is 11.5 Å². The molecule has 0 bridgehead atoms. The van der Waals surface area contributed by atoms with Crippen molar-refractivity contribution in [2.24, 2.45) is 0 Å². The number of benzene rings is 1. The van der Waals surface area contributed by atoms with Crippen molar-refractivity contribution in [2.75, 3.05) is 13.2 Å². The number of fused-ring (bicyclic) bond motifs is 1.